The first-order chi connectivity index (χ1) is 15.0. The molecule has 7 heteroatoms. The highest BCUT2D eigenvalue weighted by Gasteiger charge is 2.26. The molecule has 1 aliphatic rings. The monoisotopic (exact) mass is 418 g/mol. The summed E-state index contributed by atoms with van der Waals surface area (Å²) in [5, 5.41) is 1.12. The van der Waals surface area contributed by atoms with E-state index in [0.717, 1.165) is 46.8 Å². The highest BCUT2D eigenvalue weighted by molar-refractivity contribution is 5.91. The Morgan fingerprint density at radius 1 is 1.16 bits per heavy atom. The number of carbonyl (C=O) groups is 1. The average Bonchev–Trinajstić information content (AvgIpc) is 3.47. The van der Waals surface area contributed by atoms with Crippen LogP contribution in [0.1, 0.15) is 41.5 Å². The molecule has 4 aromatic rings. The Labute approximate surface area is 180 Å². The minimum Gasteiger partial charge on any atom is -0.482 e. The third-order valence-corrected chi connectivity index (χ3v) is 6.09. The van der Waals surface area contributed by atoms with E-state index in [4.69, 9.17) is 19.4 Å². The van der Waals surface area contributed by atoms with E-state index >= 15 is 0 Å². The van der Waals surface area contributed by atoms with Crippen molar-refractivity contribution in [3.63, 3.8) is 0 Å². The third-order valence-electron chi connectivity index (χ3n) is 6.09. The lowest BCUT2D eigenvalue weighted by molar-refractivity contribution is 0.0600. The van der Waals surface area contributed by atoms with Crippen molar-refractivity contribution in [3.8, 4) is 17.3 Å². The molecule has 0 aromatic carbocycles. The molecule has 0 saturated heterocycles. The van der Waals surface area contributed by atoms with Gasteiger partial charge in [-0.1, -0.05) is 6.92 Å². The van der Waals surface area contributed by atoms with Gasteiger partial charge in [0.25, 0.3) is 0 Å². The van der Waals surface area contributed by atoms with E-state index in [0.29, 0.717) is 23.0 Å². The Hall–Kier alpha value is -3.35. The van der Waals surface area contributed by atoms with Crippen LogP contribution in [0.4, 0.5) is 0 Å². The molecule has 4 heterocycles. The van der Waals surface area contributed by atoms with Gasteiger partial charge in [-0.25, -0.2) is 14.8 Å². The van der Waals surface area contributed by atoms with Crippen LogP contribution in [0.2, 0.25) is 0 Å². The van der Waals surface area contributed by atoms with Gasteiger partial charge in [0, 0.05) is 23.7 Å². The molecule has 0 radical (unpaired) electrons. The van der Waals surface area contributed by atoms with Gasteiger partial charge in [0.05, 0.1) is 31.2 Å². The molecule has 0 unspecified atom stereocenters. The molecule has 1 aliphatic carbocycles. The molecule has 0 atom stereocenters. The number of ether oxygens (including phenoxy) is 2. The maximum Gasteiger partial charge on any atom is 0.338 e. The maximum atomic E-state index is 12.1. The second kappa shape index (κ2) is 7.41. The number of hydrogen-bond acceptors (Lipinski definition) is 5. The Kier molecular flexibility index (Phi) is 4.68. The fourth-order valence-corrected chi connectivity index (χ4v) is 4.21. The molecule has 1 fully saturated rings. The van der Waals surface area contributed by atoms with Gasteiger partial charge in [0.2, 0.25) is 0 Å². The largest absolute Gasteiger partial charge is 0.482 e. The summed E-state index contributed by atoms with van der Waals surface area (Å²) >= 11 is 0. The van der Waals surface area contributed by atoms with Crippen molar-refractivity contribution in [2.45, 2.75) is 39.7 Å². The van der Waals surface area contributed by atoms with Crippen LogP contribution in [-0.4, -0.2) is 39.1 Å². The first-order valence-electron chi connectivity index (χ1n) is 10.7. The van der Waals surface area contributed by atoms with Gasteiger partial charge in [-0.3, -0.25) is 4.40 Å². The van der Waals surface area contributed by atoms with Gasteiger partial charge in [0.15, 0.2) is 5.88 Å². The molecule has 0 aliphatic heterocycles. The van der Waals surface area contributed by atoms with Gasteiger partial charge in [0.1, 0.15) is 17.0 Å². The number of fused-ring (bicyclic) bond motifs is 2. The van der Waals surface area contributed by atoms with Gasteiger partial charge in [-0.2, -0.15) is 0 Å². The minimum absolute atomic E-state index is 0.413. The number of nitrogens with zero attached hydrogens (tertiary/aromatic N) is 4. The van der Waals surface area contributed by atoms with Crippen LogP contribution in [0, 0.1) is 12.8 Å². The first kappa shape index (κ1) is 19.6. The molecule has 31 heavy (non-hydrogen) atoms. The smallest absolute Gasteiger partial charge is 0.338 e. The van der Waals surface area contributed by atoms with Crippen LogP contribution in [0.5, 0.6) is 5.88 Å². The van der Waals surface area contributed by atoms with E-state index in [9.17, 15) is 4.79 Å². The second-order valence-corrected chi connectivity index (χ2v) is 8.17. The fourth-order valence-electron chi connectivity index (χ4n) is 4.21. The Morgan fingerprint density at radius 3 is 2.65 bits per heavy atom. The van der Waals surface area contributed by atoms with Crippen LogP contribution in [0.15, 0.2) is 30.3 Å². The minimum atomic E-state index is -0.415. The summed E-state index contributed by atoms with van der Waals surface area (Å²) in [6.07, 6.45) is 3.42. The SMILES string of the molecule is CCc1ccc2cc(-c3nc4cc(C(=O)OC)cc(OC)n4c3C)n(CC3CC3)c2n1. The molecule has 1 saturated carbocycles. The van der Waals surface area contributed by atoms with E-state index < -0.39 is 5.97 Å². The zero-order valence-corrected chi connectivity index (χ0v) is 18.3. The number of carbonyl (C=O) groups excluding carboxylic acids is 1. The van der Waals surface area contributed by atoms with Crippen molar-refractivity contribution in [3.05, 3.63) is 47.3 Å². The molecular weight excluding hydrogens is 392 g/mol. The number of aromatic nitrogens is 4. The van der Waals surface area contributed by atoms with E-state index in [1.165, 1.54) is 20.0 Å². The second-order valence-electron chi connectivity index (χ2n) is 8.17. The quantitative estimate of drug-likeness (QED) is 0.433. The number of imidazole rings is 1. The lowest BCUT2D eigenvalue weighted by Crippen LogP contribution is -2.05. The van der Waals surface area contributed by atoms with Crippen molar-refractivity contribution < 1.29 is 14.3 Å². The Bertz CT molecular complexity index is 1310. The number of aryl methyl sites for hydroxylation is 2. The fraction of sp³-hybridized carbons (Fsp3) is 0.375. The number of hydrogen-bond donors (Lipinski definition) is 0. The van der Waals surface area contributed by atoms with E-state index in [1.807, 2.05) is 11.3 Å². The van der Waals surface area contributed by atoms with E-state index in [1.54, 1.807) is 19.2 Å². The predicted octanol–water partition coefficient (Wildman–Crippen LogP) is 4.43. The zero-order chi connectivity index (χ0) is 21.7. The van der Waals surface area contributed by atoms with Crippen LogP contribution in [0.25, 0.3) is 28.1 Å². The predicted molar refractivity (Wildman–Crippen MR) is 119 cm³/mol. The van der Waals surface area contributed by atoms with E-state index in [-0.39, 0.29) is 0 Å². The highest BCUT2D eigenvalue weighted by atomic mass is 16.5. The maximum absolute atomic E-state index is 12.1. The van der Waals surface area contributed by atoms with Crippen LogP contribution < -0.4 is 4.74 Å². The van der Waals surface area contributed by atoms with Crippen molar-refractivity contribution in [2.24, 2.45) is 5.92 Å². The summed E-state index contributed by atoms with van der Waals surface area (Å²) in [4.78, 5) is 22.0. The van der Waals surface area contributed by atoms with Gasteiger partial charge in [-0.05, 0) is 56.4 Å². The van der Waals surface area contributed by atoms with Gasteiger partial charge < -0.3 is 14.0 Å². The lowest BCUT2D eigenvalue weighted by Gasteiger charge is -2.10. The Balaban J connectivity index is 1.75. The van der Waals surface area contributed by atoms with Crippen LogP contribution >= 0.6 is 0 Å². The average molecular weight is 418 g/mol. The van der Waals surface area contributed by atoms with Crippen molar-refractivity contribution >= 4 is 22.6 Å². The molecule has 160 valence electrons. The number of esters is 1. The van der Waals surface area contributed by atoms with Gasteiger partial charge >= 0.3 is 5.97 Å². The summed E-state index contributed by atoms with van der Waals surface area (Å²) < 4.78 is 14.7. The standard InChI is InChI=1S/C24H26N4O3/c1-5-18-9-8-16-10-19(27(23(16)25-18)13-15-6-7-15)22-14(2)28-20(26-22)11-17(24(29)31-4)12-21(28)30-3/h8-12,15H,5-7,13H2,1-4H3. The van der Waals surface area contributed by atoms with Crippen LogP contribution in [-0.2, 0) is 17.7 Å². The molecule has 0 N–H and O–H groups in total. The molecule has 0 bridgehead atoms. The zero-order valence-electron chi connectivity index (χ0n) is 18.3. The van der Waals surface area contributed by atoms with Crippen molar-refractivity contribution in [1.29, 1.82) is 0 Å². The van der Waals surface area contributed by atoms with E-state index in [2.05, 4.69) is 29.7 Å². The highest BCUT2D eigenvalue weighted by Crippen LogP contribution is 2.37. The summed E-state index contributed by atoms with van der Waals surface area (Å²) in [5.41, 5.74) is 6.04. The molecule has 0 spiro atoms. The van der Waals surface area contributed by atoms with Crippen molar-refractivity contribution in [2.75, 3.05) is 14.2 Å². The Morgan fingerprint density at radius 2 is 1.97 bits per heavy atom. The molecular formula is C24H26N4O3. The summed E-state index contributed by atoms with van der Waals surface area (Å²) in [6.45, 7) is 5.09. The molecule has 0 amide bonds. The molecule has 7 nitrogen and oxygen atoms in total. The molecule has 5 rings (SSSR count). The summed E-state index contributed by atoms with van der Waals surface area (Å²) in [5.74, 6) is 0.826. The third kappa shape index (κ3) is 3.24. The number of methoxy groups -OCH3 is 2. The lowest BCUT2D eigenvalue weighted by atomic mass is 10.2. The summed E-state index contributed by atoms with van der Waals surface area (Å²) in [6, 6.07) is 9.84. The normalized spacial score (nSPS) is 13.8. The number of rotatable bonds is 6. The number of pyridine rings is 2. The van der Waals surface area contributed by atoms with Crippen LogP contribution in [0.3, 0.4) is 0 Å². The molecule has 4 aromatic heterocycles. The first-order valence-corrected chi connectivity index (χ1v) is 10.7. The van der Waals surface area contributed by atoms with Gasteiger partial charge in [-0.15, -0.1) is 0 Å². The topological polar surface area (TPSA) is 70.7 Å². The summed E-state index contributed by atoms with van der Waals surface area (Å²) in [7, 11) is 2.96. The van der Waals surface area contributed by atoms with Crippen molar-refractivity contribution in [1.82, 2.24) is 18.9 Å².